The average Bonchev–Trinajstić information content (AvgIpc) is 2.70. The molecule has 0 spiro atoms. The van der Waals surface area contributed by atoms with E-state index in [2.05, 4.69) is 10.3 Å². The Kier molecular flexibility index (Phi) is 5.85. The standard InChI is InChI=1S/C19H19FN4O5S/c1-23(2)30(27,28)13-5-7-17(29-3)16(9-13)22-18(25)10-24-11-21-15-6-4-12(20)8-14(15)19(24)26/h4-9,11H,10H2,1-3H3,(H,22,25). The summed E-state index contributed by atoms with van der Waals surface area (Å²) in [6.45, 7) is -0.411. The Morgan fingerprint density at radius 2 is 1.97 bits per heavy atom. The van der Waals surface area contributed by atoms with Gasteiger partial charge in [-0.05, 0) is 36.4 Å². The molecular weight excluding hydrogens is 415 g/mol. The minimum atomic E-state index is -3.73. The number of halogens is 1. The zero-order chi connectivity index (χ0) is 22.1. The molecule has 0 aliphatic carbocycles. The highest BCUT2D eigenvalue weighted by Crippen LogP contribution is 2.28. The lowest BCUT2D eigenvalue weighted by molar-refractivity contribution is -0.116. The third kappa shape index (κ3) is 4.16. The van der Waals surface area contributed by atoms with Gasteiger partial charge < -0.3 is 10.1 Å². The Bertz CT molecular complexity index is 1290. The predicted molar refractivity (Wildman–Crippen MR) is 108 cm³/mol. The molecule has 9 nitrogen and oxygen atoms in total. The number of methoxy groups -OCH3 is 1. The van der Waals surface area contributed by atoms with E-state index < -0.39 is 33.9 Å². The first-order chi connectivity index (χ1) is 14.1. The Labute approximate surface area is 171 Å². The van der Waals surface area contributed by atoms with Gasteiger partial charge in [0.15, 0.2) is 0 Å². The third-order valence-corrected chi connectivity index (χ3v) is 6.13. The molecule has 0 aliphatic heterocycles. The number of anilines is 1. The topological polar surface area (TPSA) is 111 Å². The number of hydrogen-bond acceptors (Lipinski definition) is 6. The maximum absolute atomic E-state index is 13.5. The molecule has 0 saturated carbocycles. The summed E-state index contributed by atoms with van der Waals surface area (Å²) in [5, 5.41) is 2.58. The van der Waals surface area contributed by atoms with Crippen LogP contribution < -0.4 is 15.6 Å². The number of sulfonamides is 1. The number of aromatic nitrogens is 2. The van der Waals surface area contributed by atoms with Gasteiger partial charge in [-0.25, -0.2) is 22.1 Å². The van der Waals surface area contributed by atoms with Gasteiger partial charge in [-0.15, -0.1) is 0 Å². The molecule has 0 fully saturated rings. The van der Waals surface area contributed by atoms with Crippen molar-refractivity contribution in [1.82, 2.24) is 13.9 Å². The van der Waals surface area contributed by atoms with Crippen molar-refractivity contribution in [3.8, 4) is 5.75 Å². The van der Waals surface area contributed by atoms with E-state index in [1.54, 1.807) is 0 Å². The largest absolute Gasteiger partial charge is 0.495 e. The zero-order valence-electron chi connectivity index (χ0n) is 16.4. The lowest BCUT2D eigenvalue weighted by atomic mass is 10.2. The van der Waals surface area contributed by atoms with Gasteiger partial charge in [0.1, 0.15) is 18.1 Å². The van der Waals surface area contributed by atoms with Crippen molar-refractivity contribution in [2.75, 3.05) is 26.5 Å². The van der Waals surface area contributed by atoms with E-state index in [0.717, 1.165) is 14.9 Å². The average molecular weight is 434 g/mol. The van der Waals surface area contributed by atoms with E-state index in [0.29, 0.717) is 5.52 Å². The molecule has 0 radical (unpaired) electrons. The summed E-state index contributed by atoms with van der Waals surface area (Å²) in [5.74, 6) is -0.966. The highest BCUT2D eigenvalue weighted by molar-refractivity contribution is 7.89. The number of hydrogen-bond donors (Lipinski definition) is 1. The molecule has 0 aliphatic rings. The molecule has 11 heteroatoms. The SMILES string of the molecule is COc1ccc(S(=O)(=O)N(C)C)cc1NC(=O)Cn1cnc2ccc(F)cc2c1=O. The Morgan fingerprint density at radius 3 is 2.63 bits per heavy atom. The normalized spacial score (nSPS) is 11.6. The van der Waals surface area contributed by atoms with Gasteiger partial charge in [0.25, 0.3) is 5.56 Å². The molecule has 30 heavy (non-hydrogen) atoms. The maximum atomic E-state index is 13.5. The summed E-state index contributed by atoms with van der Waals surface area (Å²) >= 11 is 0. The lowest BCUT2D eigenvalue weighted by Gasteiger charge is -2.15. The van der Waals surface area contributed by atoms with Gasteiger partial charge in [0.2, 0.25) is 15.9 Å². The summed E-state index contributed by atoms with van der Waals surface area (Å²) in [5.41, 5.74) is -0.148. The fraction of sp³-hybridized carbons (Fsp3) is 0.211. The quantitative estimate of drug-likeness (QED) is 0.629. The summed E-state index contributed by atoms with van der Waals surface area (Å²) in [6, 6.07) is 7.65. The number of amides is 1. The van der Waals surface area contributed by atoms with Gasteiger partial charge >= 0.3 is 0 Å². The van der Waals surface area contributed by atoms with Crippen LogP contribution >= 0.6 is 0 Å². The van der Waals surface area contributed by atoms with Crippen molar-refractivity contribution < 1.29 is 22.3 Å². The monoisotopic (exact) mass is 434 g/mol. The van der Waals surface area contributed by atoms with Crippen molar-refractivity contribution in [2.45, 2.75) is 11.4 Å². The second-order valence-corrected chi connectivity index (χ2v) is 8.69. The minimum absolute atomic E-state index is 0.0383. The highest BCUT2D eigenvalue weighted by atomic mass is 32.2. The molecule has 1 N–H and O–H groups in total. The van der Waals surface area contributed by atoms with Crippen molar-refractivity contribution in [2.24, 2.45) is 0 Å². The van der Waals surface area contributed by atoms with E-state index in [1.165, 1.54) is 57.9 Å². The van der Waals surface area contributed by atoms with Gasteiger partial charge in [-0.3, -0.25) is 14.2 Å². The molecule has 2 aromatic carbocycles. The van der Waals surface area contributed by atoms with Crippen LogP contribution in [0.4, 0.5) is 10.1 Å². The Hall–Kier alpha value is -3.31. The first-order valence-corrected chi connectivity index (χ1v) is 10.1. The van der Waals surface area contributed by atoms with Crippen LogP contribution in [0.15, 0.2) is 52.4 Å². The molecule has 0 unspecified atom stereocenters. The van der Waals surface area contributed by atoms with E-state index in [4.69, 9.17) is 4.74 Å². The summed E-state index contributed by atoms with van der Waals surface area (Å²) in [6.07, 6.45) is 1.19. The van der Waals surface area contributed by atoms with Gasteiger partial charge in [0, 0.05) is 14.1 Å². The molecule has 0 bridgehead atoms. The van der Waals surface area contributed by atoms with Crippen LogP contribution in [0.25, 0.3) is 10.9 Å². The van der Waals surface area contributed by atoms with Crippen LogP contribution in [0.5, 0.6) is 5.75 Å². The van der Waals surface area contributed by atoms with Crippen LogP contribution in [0, 0.1) is 5.82 Å². The maximum Gasteiger partial charge on any atom is 0.261 e. The number of fused-ring (bicyclic) bond motifs is 1. The number of benzene rings is 2. The van der Waals surface area contributed by atoms with Crippen molar-refractivity contribution >= 4 is 32.5 Å². The van der Waals surface area contributed by atoms with E-state index in [-0.39, 0.29) is 21.7 Å². The molecule has 1 aromatic heterocycles. The number of nitrogens with one attached hydrogen (secondary N) is 1. The Balaban J connectivity index is 1.90. The van der Waals surface area contributed by atoms with Crippen LogP contribution in [0.3, 0.4) is 0 Å². The van der Waals surface area contributed by atoms with E-state index in [1.807, 2.05) is 0 Å². The van der Waals surface area contributed by atoms with Crippen molar-refractivity contribution in [1.29, 1.82) is 0 Å². The first-order valence-electron chi connectivity index (χ1n) is 8.68. The summed E-state index contributed by atoms with van der Waals surface area (Å²) in [4.78, 5) is 29.0. The fourth-order valence-corrected chi connectivity index (χ4v) is 3.67. The first kappa shape index (κ1) is 21.4. The molecule has 3 aromatic rings. The second-order valence-electron chi connectivity index (χ2n) is 6.54. The van der Waals surface area contributed by atoms with Gasteiger partial charge in [-0.1, -0.05) is 0 Å². The van der Waals surface area contributed by atoms with Crippen LogP contribution in [0.1, 0.15) is 0 Å². The van der Waals surface area contributed by atoms with Crippen molar-refractivity contribution in [3.05, 3.63) is 58.9 Å². The number of nitrogens with zero attached hydrogens (tertiary/aromatic N) is 3. The third-order valence-electron chi connectivity index (χ3n) is 4.32. The fourth-order valence-electron chi connectivity index (χ4n) is 2.74. The molecule has 1 amide bonds. The molecule has 3 rings (SSSR count). The minimum Gasteiger partial charge on any atom is -0.495 e. The molecule has 0 atom stereocenters. The second kappa shape index (κ2) is 8.20. The molecular formula is C19H19FN4O5S. The Morgan fingerprint density at radius 1 is 1.23 bits per heavy atom. The van der Waals surface area contributed by atoms with Crippen molar-refractivity contribution in [3.63, 3.8) is 0 Å². The number of carbonyl (C=O) groups excluding carboxylic acids is 1. The molecule has 0 saturated heterocycles. The van der Waals surface area contributed by atoms with E-state index >= 15 is 0 Å². The smallest absolute Gasteiger partial charge is 0.261 e. The molecule has 158 valence electrons. The lowest BCUT2D eigenvalue weighted by Crippen LogP contribution is -2.28. The van der Waals surface area contributed by atoms with E-state index in [9.17, 15) is 22.4 Å². The number of rotatable bonds is 6. The molecule has 1 heterocycles. The van der Waals surface area contributed by atoms with Gasteiger partial charge in [0.05, 0.1) is 34.9 Å². The van der Waals surface area contributed by atoms with Crippen LogP contribution in [0.2, 0.25) is 0 Å². The number of carbonyl (C=O) groups is 1. The summed E-state index contributed by atoms with van der Waals surface area (Å²) < 4.78 is 45.4. The van der Waals surface area contributed by atoms with Crippen LogP contribution in [-0.2, 0) is 21.4 Å². The zero-order valence-corrected chi connectivity index (χ0v) is 17.2. The van der Waals surface area contributed by atoms with Gasteiger partial charge in [-0.2, -0.15) is 0 Å². The predicted octanol–water partition coefficient (Wildman–Crippen LogP) is 1.43. The number of ether oxygens (including phenoxy) is 1. The highest BCUT2D eigenvalue weighted by Gasteiger charge is 2.20. The van der Waals surface area contributed by atoms with Crippen LogP contribution in [-0.4, -0.2) is 49.4 Å². The summed E-state index contributed by atoms with van der Waals surface area (Å²) in [7, 11) is 0.421.